The first kappa shape index (κ1) is 15.8. The van der Waals surface area contributed by atoms with Crippen LogP contribution in [0.15, 0.2) is 18.3 Å². The van der Waals surface area contributed by atoms with Gasteiger partial charge in [-0.15, -0.1) is 0 Å². The predicted molar refractivity (Wildman–Crippen MR) is 85.0 cm³/mol. The molecule has 2 unspecified atom stereocenters. The van der Waals surface area contributed by atoms with E-state index in [2.05, 4.69) is 36.2 Å². The zero-order valence-electron chi connectivity index (χ0n) is 13.2. The van der Waals surface area contributed by atoms with Gasteiger partial charge < -0.3 is 16.0 Å². The molecule has 0 aromatic carbocycles. The molecule has 0 saturated heterocycles. The molecule has 1 aliphatic carbocycles. The fourth-order valence-electron chi connectivity index (χ4n) is 3.23. The van der Waals surface area contributed by atoms with Gasteiger partial charge >= 0.3 is 0 Å². The second-order valence-electron chi connectivity index (χ2n) is 6.48. The van der Waals surface area contributed by atoms with Crippen molar-refractivity contribution in [2.45, 2.75) is 38.1 Å². The molecule has 1 aromatic heterocycles. The molecule has 1 aliphatic rings. The Kier molecular flexibility index (Phi) is 4.83. The number of carbonyl (C=O) groups excluding carboxylic acids is 1. The summed E-state index contributed by atoms with van der Waals surface area (Å²) in [7, 11) is 4.21. The van der Waals surface area contributed by atoms with Gasteiger partial charge in [0.2, 0.25) is 0 Å². The van der Waals surface area contributed by atoms with Crippen LogP contribution in [0.1, 0.15) is 43.1 Å². The van der Waals surface area contributed by atoms with Gasteiger partial charge in [-0.3, -0.25) is 4.79 Å². The number of hydrogen-bond donors (Lipinski definition) is 2. The predicted octanol–water partition coefficient (Wildman–Crippen LogP) is 1.90. The molecule has 2 rings (SSSR count). The Morgan fingerprint density at radius 2 is 2.29 bits per heavy atom. The maximum atomic E-state index is 12.2. The minimum atomic E-state index is -0.130. The van der Waals surface area contributed by atoms with E-state index in [9.17, 15) is 4.79 Å². The molecule has 2 atom stereocenters. The van der Waals surface area contributed by atoms with Gasteiger partial charge in [-0.25, -0.2) is 4.98 Å². The average Bonchev–Trinajstić information content (AvgIpc) is 2.45. The lowest BCUT2D eigenvalue weighted by Crippen LogP contribution is -2.55. The number of amides is 1. The lowest BCUT2D eigenvalue weighted by molar-refractivity contribution is 0.0673. The highest BCUT2D eigenvalue weighted by Gasteiger charge is 2.37. The third-order valence-electron chi connectivity index (χ3n) is 4.61. The van der Waals surface area contributed by atoms with E-state index in [-0.39, 0.29) is 11.4 Å². The molecule has 0 spiro atoms. The third-order valence-corrected chi connectivity index (χ3v) is 4.61. The van der Waals surface area contributed by atoms with Crippen LogP contribution in [0.4, 0.5) is 5.69 Å². The zero-order chi connectivity index (χ0) is 15.5. The first-order valence-electron chi connectivity index (χ1n) is 7.60. The summed E-state index contributed by atoms with van der Waals surface area (Å²) in [6.07, 6.45) is 6.26. The Morgan fingerprint density at radius 1 is 1.52 bits per heavy atom. The molecule has 1 heterocycles. The summed E-state index contributed by atoms with van der Waals surface area (Å²) in [5.74, 6) is 0.571. The van der Waals surface area contributed by atoms with E-state index in [1.807, 2.05) is 0 Å². The summed E-state index contributed by atoms with van der Waals surface area (Å²) in [5, 5.41) is 3.05. The van der Waals surface area contributed by atoms with Crippen molar-refractivity contribution in [3.63, 3.8) is 0 Å². The quantitative estimate of drug-likeness (QED) is 0.888. The van der Waals surface area contributed by atoms with Crippen molar-refractivity contribution in [3.05, 3.63) is 24.0 Å². The van der Waals surface area contributed by atoms with Crippen LogP contribution in [-0.4, -0.2) is 42.0 Å². The number of nitrogens with zero attached hydrogens (tertiary/aromatic N) is 2. The summed E-state index contributed by atoms with van der Waals surface area (Å²) in [5.41, 5.74) is 6.64. The van der Waals surface area contributed by atoms with E-state index in [0.29, 0.717) is 23.8 Å². The molecule has 3 N–H and O–H groups in total. The van der Waals surface area contributed by atoms with Crippen molar-refractivity contribution in [3.8, 4) is 0 Å². The normalized spacial score (nSPS) is 25.8. The monoisotopic (exact) mass is 290 g/mol. The van der Waals surface area contributed by atoms with Gasteiger partial charge in [0.05, 0.1) is 11.9 Å². The van der Waals surface area contributed by atoms with Crippen LogP contribution in [0.25, 0.3) is 0 Å². The Bertz CT molecular complexity index is 486. The van der Waals surface area contributed by atoms with Crippen molar-refractivity contribution in [1.82, 2.24) is 15.2 Å². The number of rotatable bonds is 4. The molecular formula is C16H26N4O. The molecule has 0 radical (unpaired) electrons. The van der Waals surface area contributed by atoms with Gasteiger partial charge in [-0.2, -0.15) is 0 Å². The number of likely N-dealkylation sites (N-methyl/N-ethyl adjacent to an activating group) is 1. The van der Waals surface area contributed by atoms with Crippen LogP contribution in [0.5, 0.6) is 0 Å². The highest BCUT2D eigenvalue weighted by molar-refractivity contribution is 5.92. The Labute approximate surface area is 126 Å². The first-order valence-corrected chi connectivity index (χ1v) is 7.60. The van der Waals surface area contributed by atoms with Gasteiger partial charge in [0.15, 0.2) is 0 Å². The maximum absolute atomic E-state index is 12.2. The van der Waals surface area contributed by atoms with Crippen molar-refractivity contribution in [1.29, 1.82) is 0 Å². The van der Waals surface area contributed by atoms with Crippen molar-refractivity contribution in [2.75, 3.05) is 26.4 Å². The topological polar surface area (TPSA) is 71.2 Å². The number of anilines is 1. The van der Waals surface area contributed by atoms with Gasteiger partial charge in [-0.1, -0.05) is 19.8 Å². The molecule has 116 valence electrons. The van der Waals surface area contributed by atoms with Gasteiger partial charge in [-0.05, 0) is 45.0 Å². The summed E-state index contributed by atoms with van der Waals surface area (Å²) in [4.78, 5) is 18.5. The smallest absolute Gasteiger partial charge is 0.269 e. The maximum Gasteiger partial charge on any atom is 0.269 e. The van der Waals surface area contributed by atoms with Crippen molar-refractivity contribution >= 4 is 11.6 Å². The second-order valence-corrected chi connectivity index (χ2v) is 6.48. The largest absolute Gasteiger partial charge is 0.397 e. The Hall–Kier alpha value is -1.62. The summed E-state index contributed by atoms with van der Waals surface area (Å²) >= 11 is 0. The van der Waals surface area contributed by atoms with E-state index in [0.717, 1.165) is 12.8 Å². The molecule has 1 aromatic rings. The highest BCUT2D eigenvalue weighted by Crippen LogP contribution is 2.35. The molecule has 5 nitrogen and oxygen atoms in total. The van der Waals surface area contributed by atoms with Gasteiger partial charge in [0.25, 0.3) is 5.91 Å². The number of nitrogens with one attached hydrogen (secondary N) is 1. The van der Waals surface area contributed by atoms with E-state index < -0.39 is 0 Å². The van der Waals surface area contributed by atoms with Crippen LogP contribution < -0.4 is 11.1 Å². The Morgan fingerprint density at radius 3 is 2.86 bits per heavy atom. The van der Waals surface area contributed by atoms with Gasteiger partial charge in [0, 0.05) is 12.1 Å². The molecule has 0 aliphatic heterocycles. The van der Waals surface area contributed by atoms with Crippen LogP contribution >= 0.6 is 0 Å². The van der Waals surface area contributed by atoms with Gasteiger partial charge in [0.1, 0.15) is 5.69 Å². The van der Waals surface area contributed by atoms with Crippen LogP contribution in [0, 0.1) is 5.92 Å². The molecular weight excluding hydrogens is 264 g/mol. The number of nitrogens with two attached hydrogens (primary N) is 1. The SMILES string of the molecule is CC1CCCC(CNC(=O)c2ccc(N)cn2)(N(C)C)C1. The number of hydrogen-bond acceptors (Lipinski definition) is 4. The zero-order valence-corrected chi connectivity index (χ0v) is 13.2. The van der Waals surface area contributed by atoms with Crippen molar-refractivity contribution in [2.24, 2.45) is 5.92 Å². The Balaban J connectivity index is 2.02. The number of carbonyl (C=O) groups is 1. The number of nitrogen functional groups attached to an aromatic ring is 1. The van der Waals surface area contributed by atoms with E-state index >= 15 is 0 Å². The number of aromatic nitrogens is 1. The van der Waals surface area contributed by atoms with Crippen LogP contribution in [0.3, 0.4) is 0 Å². The average molecular weight is 290 g/mol. The fraction of sp³-hybridized carbons (Fsp3) is 0.625. The first-order chi connectivity index (χ1) is 9.93. The summed E-state index contributed by atoms with van der Waals surface area (Å²) in [6.45, 7) is 2.95. The van der Waals surface area contributed by atoms with E-state index in [4.69, 9.17) is 5.73 Å². The standard InChI is InChI=1S/C16H26N4O/c1-12-5-4-8-16(9-12,20(2)3)11-19-15(21)14-7-6-13(17)10-18-14/h6-7,10,12H,4-5,8-9,11,17H2,1-3H3,(H,19,21). The summed E-state index contributed by atoms with van der Waals surface area (Å²) < 4.78 is 0. The second kappa shape index (κ2) is 6.43. The minimum Gasteiger partial charge on any atom is -0.397 e. The fourth-order valence-corrected chi connectivity index (χ4v) is 3.23. The molecule has 1 amide bonds. The molecule has 21 heavy (non-hydrogen) atoms. The lowest BCUT2D eigenvalue weighted by Gasteiger charge is -2.45. The molecule has 5 heteroatoms. The molecule has 1 fully saturated rings. The van der Waals surface area contributed by atoms with Crippen LogP contribution in [0.2, 0.25) is 0 Å². The van der Waals surface area contributed by atoms with E-state index in [1.54, 1.807) is 12.1 Å². The van der Waals surface area contributed by atoms with Crippen LogP contribution in [-0.2, 0) is 0 Å². The summed E-state index contributed by atoms with van der Waals surface area (Å²) in [6, 6.07) is 3.36. The minimum absolute atomic E-state index is 0.0567. The number of pyridine rings is 1. The molecule has 1 saturated carbocycles. The highest BCUT2D eigenvalue weighted by atomic mass is 16.1. The van der Waals surface area contributed by atoms with E-state index in [1.165, 1.54) is 19.0 Å². The lowest BCUT2D eigenvalue weighted by atomic mass is 9.75. The van der Waals surface area contributed by atoms with Crippen molar-refractivity contribution < 1.29 is 4.79 Å². The molecule has 0 bridgehead atoms. The third kappa shape index (κ3) is 3.73.